The van der Waals surface area contributed by atoms with Crippen molar-refractivity contribution in [1.29, 1.82) is 0 Å². The Labute approximate surface area is 162 Å². The van der Waals surface area contributed by atoms with Crippen LogP contribution in [-0.4, -0.2) is 22.1 Å². The van der Waals surface area contributed by atoms with E-state index in [1.165, 1.54) is 18.5 Å². The topological polar surface area (TPSA) is 47.0 Å². The Balaban J connectivity index is 1.34. The van der Waals surface area contributed by atoms with Crippen molar-refractivity contribution in [2.75, 3.05) is 0 Å². The molecule has 9 heteroatoms. The first-order valence-electron chi connectivity index (χ1n) is 8.95. The average Bonchev–Trinajstić information content (AvgIpc) is 2.65. The Kier molecular flexibility index (Phi) is 5.08. The van der Waals surface area contributed by atoms with Gasteiger partial charge in [0.05, 0.1) is 11.1 Å². The van der Waals surface area contributed by atoms with E-state index in [9.17, 15) is 22.0 Å². The van der Waals surface area contributed by atoms with Crippen molar-refractivity contribution in [3.63, 3.8) is 0 Å². The van der Waals surface area contributed by atoms with Gasteiger partial charge in [-0.25, -0.2) is 18.7 Å². The molecule has 4 rings (SSSR count). The van der Waals surface area contributed by atoms with E-state index < -0.39 is 17.6 Å². The second-order valence-electron chi connectivity index (χ2n) is 6.92. The monoisotopic (exact) mass is 409 g/mol. The molecule has 3 aromatic rings. The molecule has 0 saturated heterocycles. The van der Waals surface area contributed by atoms with Gasteiger partial charge in [0.2, 0.25) is 0 Å². The number of ether oxygens (including phenoxy) is 1. The van der Waals surface area contributed by atoms with Gasteiger partial charge < -0.3 is 10.1 Å². The van der Waals surface area contributed by atoms with Gasteiger partial charge in [-0.05, 0) is 43.2 Å². The molecule has 1 aliphatic rings. The standard InChI is InChI=1S/C20H16F5N3O/c21-17-3-1-11-8-26-10-28-19(11)15(17)9-27-12-5-14(6-12)29-13-2-4-18(22)16(7-13)20(23,24)25/h1-4,7-8,10,12,14,27H,5-6,9H2/t12-,14-. The second-order valence-corrected chi connectivity index (χ2v) is 6.92. The maximum absolute atomic E-state index is 14.2. The minimum Gasteiger partial charge on any atom is -0.490 e. The van der Waals surface area contributed by atoms with Gasteiger partial charge in [-0.3, -0.25) is 0 Å². The predicted molar refractivity (Wildman–Crippen MR) is 95.2 cm³/mol. The Morgan fingerprint density at radius 3 is 2.59 bits per heavy atom. The number of hydrogen-bond donors (Lipinski definition) is 1. The molecule has 0 unspecified atom stereocenters. The molecule has 1 heterocycles. The van der Waals surface area contributed by atoms with E-state index in [1.54, 1.807) is 12.3 Å². The van der Waals surface area contributed by atoms with Crippen LogP contribution >= 0.6 is 0 Å². The van der Waals surface area contributed by atoms with Crippen LogP contribution in [0, 0.1) is 11.6 Å². The third-order valence-electron chi connectivity index (χ3n) is 4.93. The zero-order valence-corrected chi connectivity index (χ0v) is 15.0. The molecule has 1 fully saturated rings. The Morgan fingerprint density at radius 2 is 1.83 bits per heavy atom. The SMILES string of the molecule is Fc1ccc(O[C@H]2C[C@H](NCc3c(F)ccc4cncnc34)C2)cc1C(F)(F)F. The van der Waals surface area contributed by atoms with Gasteiger partial charge in [0.25, 0.3) is 0 Å². The molecule has 0 atom stereocenters. The number of nitrogens with one attached hydrogen (secondary N) is 1. The molecule has 4 nitrogen and oxygen atoms in total. The number of rotatable bonds is 5. The first-order chi connectivity index (χ1) is 13.8. The van der Waals surface area contributed by atoms with E-state index in [2.05, 4.69) is 15.3 Å². The molecule has 1 aromatic heterocycles. The fraction of sp³-hybridized carbons (Fsp3) is 0.300. The van der Waals surface area contributed by atoms with Gasteiger partial charge in [-0.15, -0.1) is 0 Å². The maximum atomic E-state index is 14.2. The highest BCUT2D eigenvalue weighted by Gasteiger charge is 2.35. The summed E-state index contributed by atoms with van der Waals surface area (Å²) < 4.78 is 71.4. The van der Waals surface area contributed by atoms with Crippen molar-refractivity contribution < 1.29 is 26.7 Å². The lowest BCUT2D eigenvalue weighted by Gasteiger charge is -2.36. The largest absolute Gasteiger partial charge is 0.490 e. The summed E-state index contributed by atoms with van der Waals surface area (Å²) >= 11 is 0. The molecule has 0 aliphatic heterocycles. The van der Waals surface area contributed by atoms with E-state index >= 15 is 0 Å². The van der Waals surface area contributed by atoms with Gasteiger partial charge >= 0.3 is 6.18 Å². The van der Waals surface area contributed by atoms with Crippen LogP contribution in [-0.2, 0) is 12.7 Å². The smallest absolute Gasteiger partial charge is 0.419 e. The fourth-order valence-corrected chi connectivity index (χ4v) is 3.32. The summed E-state index contributed by atoms with van der Waals surface area (Å²) in [5.41, 5.74) is -0.384. The molecule has 1 saturated carbocycles. The molecular formula is C20H16F5N3O. The molecule has 152 valence electrons. The molecule has 0 amide bonds. The second kappa shape index (κ2) is 7.55. The van der Waals surface area contributed by atoms with Crippen LogP contribution in [0.4, 0.5) is 22.0 Å². The first kappa shape index (κ1) is 19.5. The Bertz CT molecular complexity index is 1030. The predicted octanol–water partition coefficient (Wildman–Crippen LogP) is 4.63. The van der Waals surface area contributed by atoms with Crippen molar-refractivity contribution in [2.24, 2.45) is 0 Å². The molecule has 0 spiro atoms. The highest BCUT2D eigenvalue weighted by molar-refractivity contribution is 5.80. The number of aromatic nitrogens is 2. The Morgan fingerprint density at radius 1 is 1.07 bits per heavy atom. The summed E-state index contributed by atoms with van der Waals surface area (Å²) in [7, 11) is 0. The first-order valence-corrected chi connectivity index (χ1v) is 8.95. The lowest BCUT2D eigenvalue weighted by Crippen LogP contribution is -2.46. The third-order valence-corrected chi connectivity index (χ3v) is 4.93. The zero-order valence-electron chi connectivity index (χ0n) is 15.0. The van der Waals surface area contributed by atoms with Crippen molar-refractivity contribution in [3.8, 4) is 5.75 Å². The van der Waals surface area contributed by atoms with Gasteiger partial charge in [-0.1, -0.05) is 0 Å². The van der Waals surface area contributed by atoms with Crippen LogP contribution in [0.5, 0.6) is 5.75 Å². The number of halogens is 5. The van der Waals surface area contributed by atoms with Gasteiger partial charge in [-0.2, -0.15) is 13.2 Å². The normalized spacial score (nSPS) is 19.2. The van der Waals surface area contributed by atoms with E-state index in [-0.39, 0.29) is 30.3 Å². The lowest BCUT2D eigenvalue weighted by atomic mass is 9.89. The molecule has 2 aromatic carbocycles. The van der Waals surface area contributed by atoms with Crippen LogP contribution in [0.15, 0.2) is 42.9 Å². The lowest BCUT2D eigenvalue weighted by molar-refractivity contribution is -0.140. The number of hydrogen-bond acceptors (Lipinski definition) is 4. The fourth-order valence-electron chi connectivity index (χ4n) is 3.32. The van der Waals surface area contributed by atoms with Gasteiger partial charge in [0.15, 0.2) is 0 Å². The summed E-state index contributed by atoms with van der Waals surface area (Å²) in [5.74, 6) is -1.74. The number of fused-ring (bicyclic) bond motifs is 1. The minimum atomic E-state index is -4.78. The quantitative estimate of drug-likeness (QED) is 0.625. The van der Waals surface area contributed by atoms with Crippen LogP contribution < -0.4 is 10.1 Å². The molecule has 1 N–H and O–H groups in total. The minimum absolute atomic E-state index is 0.0269. The number of nitrogens with zero attached hydrogens (tertiary/aromatic N) is 2. The molecule has 0 bridgehead atoms. The van der Waals surface area contributed by atoms with Gasteiger partial charge in [0.1, 0.15) is 29.8 Å². The van der Waals surface area contributed by atoms with Gasteiger partial charge in [0, 0.05) is 29.7 Å². The van der Waals surface area contributed by atoms with Crippen molar-refractivity contribution >= 4 is 10.9 Å². The number of alkyl halides is 3. The van der Waals surface area contributed by atoms with E-state index in [0.29, 0.717) is 30.0 Å². The Hall–Kier alpha value is -2.81. The van der Waals surface area contributed by atoms with Crippen LogP contribution in [0.1, 0.15) is 24.0 Å². The van der Waals surface area contributed by atoms with Crippen LogP contribution in [0.2, 0.25) is 0 Å². The summed E-state index contributed by atoms with van der Waals surface area (Å²) in [6.45, 7) is 0.256. The van der Waals surface area contributed by atoms with Crippen LogP contribution in [0.25, 0.3) is 10.9 Å². The molecule has 29 heavy (non-hydrogen) atoms. The highest BCUT2D eigenvalue weighted by Crippen LogP contribution is 2.35. The van der Waals surface area contributed by atoms with E-state index in [0.717, 1.165) is 11.5 Å². The summed E-state index contributed by atoms with van der Waals surface area (Å²) in [6.07, 6.45) is -1.02. The van der Waals surface area contributed by atoms with E-state index in [1.807, 2.05) is 0 Å². The highest BCUT2D eigenvalue weighted by atomic mass is 19.4. The van der Waals surface area contributed by atoms with Crippen molar-refractivity contribution in [2.45, 2.75) is 37.7 Å². The van der Waals surface area contributed by atoms with E-state index in [4.69, 9.17) is 4.74 Å². The molecule has 0 radical (unpaired) electrons. The van der Waals surface area contributed by atoms with Crippen molar-refractivity contribution in [3.05, 3.63) is 65.6 Å². The van der Waals surface area contributed by atoms with Crippen molar-refractivity contribution in [1.82, 2.24) is 15.3 Å². The summed E-state index contributed by atoms with van der Waals surface area (Å²) in [6, 6.07) is 5.59. The number of benzene rings is 2. The third kappa shape index (κ3) is 4.14. The molecular weight excluding hydrogens is 393 g/mol. The summed E-state index contributed by atoms with van der Waals surface area (Å²) in [5, 5.41) is 3.94. The summed E-state index contributed by atoms with van der Waals surface area (Å²) in [4.78, 5) is 8.05. The van der Waals surface area contributed by atoms with Crippen LogP contribution in [0.3, 0.4) is 0 Å². The zero-order chi connectivity index (χ0) is 20.6. The molecule has 1 aliphatic carbocycles. The average molecular weight is 409 g/mol. The maximum Gasteiger partial charge on any atom is 0.419 e.